The molecule has 19 heavy (non-hydrogen) atoms. The van der Waals surface area contributed by atoms with Crippen LogP contribution in [0.5, 0.6) is 0 Å². The Kier molecular flexibility index (Phi) is 4.14. The third-order valence-electron chi connectivity index (χ3n) is 3.27. The van der Waals surface area contributed by atoms with E-state index in [1.54, 1.807) is 16.7 Å². The van der Waals surface area contributed by atoms with Crippen LogP contribution in [0.4, 0.5) is 0 Å². The number of carbonyl (C=O) groups excluding carboxylic acids is 1. The quantitative estimate of drug-likeness (QED) is 0.919. The van der Waals surface area contributed by atoms with Crippen LogP contribution in [-0.4, -0.2) is 33.7 Å². The van der Waals surface area contributed by atoms with Gasteiger partial charge in [0.1, 0.15) is 5.37 Å². The van der Waals surface area contributed by atoms with Crippen LogP contribution in [0.25, 0.3) is 0 Å². The van der Waals surface area contributed by atoms with Crippen LogP contribution < -0.4 is 0 Å². The molecule has 1 aliphatic heterocycles. The number of benzene rings is 1. The van der Waals surface area contributed by atoms with Gasteiger partial charge in [0, 0.05) is 6.54 Å². The maximum atomic E-state index is 12.1. The molecule has 1 heterocycles. The van der Waals surface area contributed by atoms with Crippen LogP contribution in [-0.2, 0) is 9.59 Å². The number of hydrogen-bond donors (Lipinski definition) is 1. The van der Waals surface area contributed by atoms with Crippen molar-refractivity contribution in [2.75, 3.05) is 6.54 Å². The minimum atomic E-state index is -0.874. The van der Waals surface area contributed by atoms with Crippen molar-refractivity contribution >= 4 is 23.6 Å². The van der Waals surface area contributed by atoms with Crippen molar-refractivity contribution in [3.63, 3.8) is 0 Å². The molecule has 0 radical (unpaired) electrons. The van der Waals surface area contributed by atoms with Crippen LogP contribution in [0.3, 0.4) is 0 Å². The second-order valence-electron chi connectivity index (χ2n) is 4.66. The van der Waals surface area contributed by atoms with Gasteiger partial charge in [0.05, 0.1) is 11.7 Å². The summed E-state index contributed by atoms with van der Waals surface area (Å²) in [6.07, 6.45) is -0.0125. The Hall–Kier alpha value is -1.49. The van der Waals surface area contributed by atoms with E-state index in [1.807, 2.05) is 38.1 Å². The first kappa shape index (κ1) is 13.9. The monoisotopic (exact) mass is 279 g/mol. The zero-order chi connectivity index (χ0) is 14.0. The number of thioether (sulfide) groups is 1. The SMILES string of the molecule is Cc1ccccc1[C@H]1S[C@H](C)C(=O)N1CCC(=O)O. The highest BCUT2D eigenvalue weighted by molar-refractivity contribution is 8.01. The average Bonchev–Trinajstić information content (AvgIpc) is 2.64. The molecule has 0 saturated carbocycles. The van der Waals surface area contributed by atoms with E-state index in [2.05, 4.69) is 0 Å². The number of amides is 1. The summed E-state index contributed by atoms with van der Waals surface area (Å²) in [5.41, 5.74) is 2.22. The third kappa shape index (κ3) is 2.92. The molecule has 1 saturated heterocycles. The van der Waals surface area contributed by atoms with E-state index in [0.717, 1.165) is 11.1 Å². The Morgan fingerprint density at radius 2 is 2.11 bits per heavy atom. The standard InChI is InChI=1S/C14H17NO3S/c1-9-5-3-4-6-11(9)14-15(8-7-12(16)17)13(18)10(2)19-14/h3-6,10,14H,7-8H2,1-2H3,(H,16,17)/t10-,14-/m1/s1. The largest absolute Gasteiger partial charge is 0.481 e. The van der Waals surface area contributed by atoms with Gasteiger partial charge in [-0.05, 0) is 25.0 Å². The molecule has 1 amide bonds. The van der Waals surface area contributed by atoms with Gasteiger partial charge in [-0.1, -0.05) is 24.3 Å². The molecule has 0 unspecified atom stereocenters. The highest BCUT2D eigenvalue weighted by Crippen LogP contribution is 2.43. The molecule has 0 spiro atoms. The number of nitrogens with zero attached hydrogens (tertiary/aromatic N) is 1. The van der Waals surface area contributed by atoms with Crippen molar-refractivity contribution in [2.45, 2.75) is 30.9 Å². The first-order chi connectivity index (χ1) is 9.00. The van der Waals surface area contributed by atoms with E-state index in [1.165, 1.54) is 0 Å². The summed E-state index contributed by atoms with van der Waals surface area (Å²) in [5.74, 6) is -0.847. The van der Waals surface area contributed by atoms with Crippen molar-refractivity contribution in [1.82, 2.24) is 4.90 Å². The van der Waals surface area contributed by atoms with Crippen molar-refractivity contribution in [1.29, 1.82) is 0 Å². The molecule has 4 nitrogen and oxygen atoms in total. The van der Waals surface area contributed by atoms with Crippen molar-refractivity contribution in [2.24, 2.45) is 0 Å². The lowest BCUT2D eigenvalue weighted by Crippen LogP contribution is -2.32. The normalized spacial score (nSPS) is 22.8. The van der Waals surface area contributed by atoms with Gasteiger partial charge in [0.25, 0.3) is 0 Å². The van der Waals surface area contributed by atoms with Gasteiger partial charge in [0.2, 0.25) is 5.91 Å². The molecule has 0 aromatic heterocycles. The van der Waals surface area contributed by atoms with E-state index >= 15 is 0 Å². The fourth-order valence-electron chi connectivity index (χ4n) is 2.22. The summed E-state index contributed by atoms with van der Waals surface area (Å²) >= 11 is 1.58. The lowest BCUT2D eigenvalue weighted by Gasteiger charge is -2.24. The first-order valence-electron chi connectivity index (χ1n) is 6.24. The molecule has 1 aromatic carbocycles. The molecule has 1 aliphatic rings. The molecule has 2 atom stereocenters. The van der Waals surface area contributed by atoms with Gasteiger partial charge in [-0.15, -0.1) is 11.8 Å². The number of aryl methyl sites for hydroxylation is 1. The molecule has 1 aromatic rings. The molecule has 1 fully saturated rings. The van der Waals surface area contributed by atoms with E-state index < -0.39 is 5.97 Å². The molecule has 102 valence electrons. The van der Waals surface area contributed by atoms with Gasteiger partial charge < -0.3 is 10.0 Å². The Morgan fingerprint density at radius 1 is 1.42 bits per heavy atom. The minimum Gasteiger partial charge on any atom is -0.481 e. The summed E-state index contributed by atoms with van der Waals surface area (Å²) < 4.78 is 0. The highest BCUT2D eigenvalue weighted by atomic mass is 32.2. The number of carbonyl (C=O) groups is 2. The first-order valence-corrected chi connectivity index (χ1v) is 7.18. The highest BCUT2D eigenvalue weighted by Gasteiger charge is 2.38. The lowest BCUT2D eigenvalue weighted by atomic mass is 10.1. The van der Waals surface area contributed by atoms with Crippen LogP contribution >= 0.6 is 11.8 Å². The number of carboxylic acid groups (broad SMARTS) is 1. The third-order valence-corrected chi connectivity index (χ3v) is 4.64. The van der Waals surface area contributed by atoms with Gasteiger partial charge in [0.15, 0.2) is 0 Å². The zero-order valence-corrected chi connectivity index (χ0v) is 11.8. The predicted molar refractivity (Wildman–Crippen MR) is 74.9 cm³/mol. The van der Waals surface area contributed by atoms with Crippen LogP contribution in [0.1, 0.15) is 29.8 Å². The number of rotatable bonds is 4. The smallest absolute Gasteiger partial charge is 0.305 e. The summed E-state index contributed by atoms with van der Waals surface area (Å²) in [4.78, 5) is 24.5. The van der Waals surface area contributed by atoms with E-state index in [-0.39, 0.29) is 29.5 Å². The van der Waals surface area contributed by atoms with Crippen molar-refractivity contribution in [3.05, 3.63) is 35.4 Å². The van der Waals surface area contributed by atoms with Gasteiger partial charge in [-0.2, -0.15) is 0 Å². The molecular formula is C14H17NO3S. The summed E-state index contributed by atoms with van der Waals surface area (Å²) in [6.45, 7) is 4.16. The van der Waals surface area contributed by atoms with E-state index in [4.69, 9.17) is 5.11 Å². The number of carboxylic acids is 1. The fraction of sp³-hybridized carbons (Fsp3) is 0.429. The minimum absolute atomic E-state index is 0.0125. The molecule has 0 bridgehead atoms. The van der Waals surface area contributed by atoms with Crippen LogP contribution in [0.15, 0.2) is 24.3 Å². The van der Waals surface area contributed by atoms with Crippen LogP contribution in [0, 0.1) is 6.92 Å². The second kappa shape index (κ2) is 5.65. The second-order valence-corrected chi connectivity index (χ2v) is 6.09. The topological polar surface area (TPSA) is 57.6 Å². The van der Waals surface area contributed by atoms with Gasteiger partial charge in [-0.25, -0.2) is 0 Å². The van der Waals surface area contributed by atoms with Crippen LogP contribution in [0.2, 0.25) is 0 Å². The molecular weight excluding hydrogens is 262 g/mol. The number of aliphatic carboxylic acids is 1. The lowest BCUT2D eigenvalue weighted by molar-refractivity contribution is -0.138. The summed E-state index contributed by atoms with van der Waals surface area (Å²) in [7, 11) is 0. The number of hydrogen-bond acceptors (Lipinski definition) is 3. The Labute approximate surface area is 116 Å². The molecule has 2 rings (SSSR count). The zero-order valence-electron chi connectivity index (χ0n) is 11.0. The summed E-state index contributed by atoms with van der Waals surface area (Å²) in [6, 6.07) is 7.93. The molecule has 0 aliphatic carbocycles. The molecule has 5 heteroatoms. The summed E-state index contributed by atoms with van der Waals surface area (Å²) in [5, 5.41) is 8.61. The van der Waals surface area contributed by atoms with Gasteiger partial charge >= 0.3 is 5.97 Å². The molecule has 1 N–H and O–H groups in total. The van der Waals surface area contributed by atoms with E-state index in [0.29, 0.717) is 0 Å². The average molecular weight is 279 g/mol. The maximum absolute atomic E-state index is 12.1. The van der Waals surface area contributed by atoms with Crippen molar-refractivity contribution in [3.8, 4) is 0 Å². The maximum Gasteiger partial charge on any atom is 0.305 e. The van der Waals surface area contributed by atoms with Crippen molar-refractivity contribution < 1.29 is 14.7 Å². The van der Waals surface area contributed by atoms with Gasteiger partial charge in [-0.3, -0.25) is 9.59 Å². The predicted octanol–water partition coefficient (Wildman–Crippen LogP) is 2.43. The Bertz CT molecular complexity index is 503. The Balaban J connectivity index is 2.25. The Morgan fingerprint density at radius 3 is 2.74 bits per heavy atom. The van der Waals surface area contributed by atoms with E-state index in [9.17, 15) is 9.59 Å². The fourth-order valence-corrected chi connectivity index (χ4v) is 3.63.